The fourth-order valence-electron chi connectivity index (χ4n) is 4.79. The molecule has 3 aromatic rings. The lowest BCUT2D eigenvalue weighted by molar-refractivity contribution is -0.120. The minimum Gasteiger partial charge on any atom is -0.326 e. The second kappa shape index (κ2) is 10.3. The van der Waals surface area contributed by atoms with Gasteiger partial charge in [-0.1, -0.05) is 17.7 Å². The van der Waals surface area contributed by atoms with Crippen LogP contribution in [0, 0.1) is 11.7 Å². The molecule has 5 rings (SSSR count). The summed E-state index contributed by atoms with van der Waals surface area (Å²) in [4.78, 5) is 13.2. The molecule has 0 radical (unpaired) electrons. The minimum absolute atomic E-state index is 0.00639. The van der Waals surface area contributed by atoms with Gasteiger partial charge in [-0.2, -0.15) is 4.31 Å². The maximum absolute atomic E-state index is 13.3. The Balaban J connectivity index is 1.32. The fraction of sp³-hybridized carbons (Fsp3) is 0.269. The van der Waals surface area contributed by atoms with Crippen LogP contribution in [0.25, 0.3) is 0 Å². The third-order valence-electron chi connectivity index (χ3n) is 6.81. The van der Waals surface area contributed by atoms with Crippen LogP contribution in [-0.4, -0.2) is 46.7 Å². The first-order valence-electron chi connectivity index (χ1n) is 12.0. The number of nitrogens with one attached hydrogen (secondary N) is 1. The molecule has 200 valence electrons. The van der Waals surface area contributed by atoms with E-state index in [0.29, 0.717) is 35.7 Å². The Morgan fingerprint density at radius 2 is 1.55 bits per heavy atom. The van der Waals surface area contributed by atoms with Crippen molar-refractivity contribution in [2.24, 2.45) is 5.92 Å². The average molecular weight is 578 g/mol. The van der Waals surface area contributed by atoms with Gasteiger partial charge >= 0.3 is 0 Å². The van der Waals surface area contributed by atoms with Gasteiger partial charge in [0.15, 0.2) is 0 Å². The summed E-state index contributed by atoms with van der Waals surface area (Å²) in [5.74, 6) is -1.48. The highest BCUT2D eigenvalue weighted by Crippen LogP contribution is 2.35. The SMILES string of the molecule is O=C(Nc1ccc2c(c1)N(S(=O)(=O)c1ccc(Cl)cc1)CC2)C1CCCN(S(=O)(=O)c2ccc(F)cc2)C1. The number of carbonyl (C=O) groups excluding carboxylic acids is 1. The lowest BCUT2D eigenvalue weighted by Crippen LogP contribution is -2.43. The number of piperidine rings is 1. The third kappa shape index (κ3) is 5.15. The Morgan fingerprint density at radius 1 is 0.895 bits per heavy atom. The Bertz CT molecular complexity index is 1580. The number of sulfonamides is 2. The first-order chi connectivity index (χ1) is 18.1. The first-order valence-corrected chi connectivity index (χ1v) is 15.3. The summed E-state index contributed by atoms with van der Waals surface area (Å²) in [6, 6.07) is 15.7. The molecule has 38 heavy (non-hydrogen) atoms. The predicted molar refractivity (Wildman–Crippen MR) is 143 cm³/mol. The molecule has 2 aliphatic rings. The molecule has 2 heterocycles. The second-order valence-electron chi connectivity index (χ2n) is 9.27. The zero-order valence-electron chi connectivity index (χ0n) is 20.2. The summed E-state index contributed by atoms with van der Waals surface area (Å²) < 4.78 is 68.4. The molecule has 1 unspecified atom stereocenters. The predicted octanol–water partition coefficient (Wildman–Crippen LogP) is 4.27. The summed E-state index contributed by atoms with van der Waals surface area (Å²) in [5.41, 5.74) is 1.75. The molecule has 1 amide bonds. The molecule has 1 N–H and O–H groups in total. The lowest BCUT2D eigenvalue weighted by Gasteiger charge is -2.31. The van der Waals surface area contributed by atoms with E-state index in [4.69, 9.17) is 11.6 Å². The van der Waals surface area contributed by atoms with E-state index < -0.39 is 31.8 Å². The molecular formula is C26H25ClFN3O5S2. The topological polar surface area (TPSA) is 104 Å². The van der Waals surface area contributed by atoms with Gasteiger partial charge in [0.2, 0.25) is 15.9 Å². The number of carbonyl (C=O) groups is 1. The van der Waals surface area contributed by atoms with Crippen LogP contribution in [0.5, 0.6) is 0 Å². The monoisotopic (exact) mass is 577 g/mol. The summed E-state index contributed by atoms with van der Waals surface area (Å²) in [5, 5.41) is 3.26. The van der Waals surface area contributed by atoms with Crippen molar-refractivity contribution in [2.75, 3.05) is 29.3 Å². The molecule has 0 bridgehead atoms. The quantitative estimate of drug-likeness (QED) is 0.471. The van der Waals surface area contributed by atoms with Gasteiger partial charge in [-0.25, -0.2) is 21.2 Å². The van der Waals surface area contributed by atoms with Gasteiger partial charge in [0.25, 0.3) is 10.0 Å². The summed E-state index contributed by atoms with van der Waals surface area (Å²) in [6.07, 6.45) is 1.54. The maximum Gasteiger partial charge on any atom is 0.264 e. The van der Waals surface area contributed by atoms with Gasteiger partial charge in [0.1, 0.15) is 5.82 Å². The van der Waals surface area contributed by atoms with Gasteiger partial charge < -0.3 is 5.32 Å². The Kier molecular flexibility index (Phi) is 7.21. The number of amides is 1. The van der Waals surface area contributed by atoms with E-state index in [1.165, 1.54) is 45.0 Å². The second-order valence-corrected chi connectivity index (χ2v) is 13.5. The standard InChI is InChI=1S/C26H25ClFN3O5S2/c27-20-4-9-24(10-5-20)38(35,36)31-15-13-18-3-8-22(16-25(18)31)29-26(32)19-2-1-14-30(17-19)37(33,34)23-11-6-21(28)7-12-23/h3-12,16,19H,1-2,13-15,17H2,(H,29,32). The number of benzene rings is 3. The zero-order valence-corrected chi connectivity index (χ0v) is 22.6. The maximum atomic E-state index is 13.3. The van der Waals surface area contributed by atoms with Crippen molar-refractivity contribution in [3.05, 3.63) is 83.1 Å². The molecule has 0 aromatic heterocycles. The van der Waals surface area contributed by atoms with Crippen molar-refractivity contribution in [2.45, 2.75) is 29.1 Å². The van der Waals surface area contributed by atoms with E-state index in [2.05, 4.69) is 5.32 Å². The van der Waals surface area contributed by atoms with Crippen LogP contribution < -0.4 is 9.62 Å². The number of fused-ring (bicyclic) bond motifs is 1. The van der Waals surface area contributed by atoms with Gasteiger partial charge in [0, 0.05) is 30.3 Å². The van der Waals surface area contributed by atoms with Crippen molar-refractivity contribution >= 4 is 48.9 Å². The Labute approximate surface area is 226 Å². The molecule has 1 fully saturated rings. The summed E-state index contributed by atoms with van der Waals surface area (Å²) >= 11 is 5.91. The molecule has 0 aliphatic carbocycles. The number of anilines is 2. The molecule has 0 spiro atoms. The van der Waals surface area contributed by atoms with E-state index in [1.54, 1.807) is 18.2 Å². The van der Waals surface area contributed by atoms with Gasteiger partial charge in [-0.15, -0.1) is 0 Å². The normalized spacial score (nSPS) is 18.3. The first kappa shape index (κ1) is 26.6. The van der Waals surface area contributed by atoms with E-state index in [1.807, 2.05) is 0 Å². The molecule has 3 aromatic carbocycles. The summed E-state index contributed by atoms with van der Waals surface area (Å²) in [6.45, 7) is 0.532. The summed E-state index contributed by atoms with van der Waals surface area (Å²) in [7, 11) is -7.70. The number of hydrogen-bond donors (Lipinski definition) is 1. The van der Waals surface area contributed by atoms with E-state index >= 15 is 0 Å². The van der Waals surface area contributed by atoms with Crippen molar-refractivity contribution in [1.82, 2.24) is 4.31 Å². The van der Waals surface area contributed by atoms with Crippen LogP contribution in [0.4, 0.5) is 15.8 Å². The van der Waals surface area contributed by atoms with Crippen LogP contribution in [0.3, 0.4) is 0 Å². The number of rotatable bonds is 6. The van der Waals surface area contributed by atoms with Crippen LogP contribution >= 0.6 is 11.6 Å². The highest BCUT2D eigenvalue weighted by molar-refractivity contribution is 7.92. The molecule has 1 saturated heterocycles. The van der Waals surface area contributed by atoms with Crippen LogP contribution in [0.2, 0.25) is 5.02 Å². The van der Waals surface area contributed by atoms with Crippen molar-refractivity contribution < 1.29 is 26.0 Å². The molecule has 8 nitrogen and oxygen atoms in total. The number of nitrogens with zero attached hydrogens (tertiary/aromatic N) is 2. The Morgan fingerprint density at radius 3 is 2.26 bits per heavy atom. The Hall–Kier alpha value is -2.99. The molecule has 2 aliphatic heterocycles. The smallest absolute Gasteiger partial charge is 0.264 e. The van der Waals surface area contributed by atoms with Gasteiger partial charge in [-0.3, -0.25) is 9.10 Å². The van der Waals surface area contributed by atoms with Crippen LogP contribution in [-0.2, 0) is 31.3 Å². The average Bonchev–Trinajstić information content (AvgIpc) is 3.33. The minimum atomic E-state index is -3.87. The highest BCUT2D eigenvalue weighted by Gasteiger charge is 2.34. The zero-order chi connectivity index (χ0) is 27.1. The number of halogens is 2. The molecule has 12 heteroatoms. The van der Waals surface area contributed by atoms with E-state index in [0.717, 1.165) is 17.7 Å². The van der Waals surface area contributed by atoms with E-state index in [-0.39, 0.29) is 35.3 Å². The number of hydrogen-bond acceptors (Lipinski definition) is 5. The largest absolute Gasteiger partial charge is 0.326 e. The molecule has 1 atom stereocenters. The fourth-order valence-corrected chi connectivity index (χ4v) is 7.93. The molecular weight excluding hydrogens is 553 g/mol. The van der Waals surface area contributed by atoms with Crippen LogP contribution in [0.1, 0.15) is 18.4 Å². The van der Waals surface area contributed by atoms with Gasteiger partial charge in [-0.05, 0) is 85.5 Å². The van der Waals surface area contributed by atoms with Crippen molar-refractivity contribution in [1.29, 1.82) is 0 Å². The highest BCUT2D eigenvalue weighted by atomic mass is 35.5. The van der Waals surface area contributed by atoms with E-state index in [9.17, 15) is 26.0 Å². The third-order valence-corrected chi connectivity index (χ3v) is 10.8. The van der Waals surface area contributed by atoms with Gasteiger partial charge in [0.05, 0.1) is 21.4 Å². The van der Waals surface area contributed by atoms with Crippen molar-refractivity contribution in [3.8, 4) is 0 Å². The van der Waals surface area contributed by atoms with Crippen molar-refractivity contribution in [3.63, 3.8) is 0 Å². The van der Waals surface area contributed by atoms with Crippen LogP contribution in [0.15, 0.2) is 76.5 Å². The lowest BCUT2D eigenvalue weighted by atomic mass is 9.98. The molecule has 0 saturated carbocycles.